The van der Waals surface area contributed by atoms with E-state index in [0.29, 0.717) is 11.0 Å². The maximum Gasteiger partial charge on any atom is 0.329 e. The summed E-state index contributed by atoms with van der Waals surface area (Å²) in [6, 6.07) is 11.1. The van der Waals surface area contributed by atoms with Gasteiger partial charge in [-0.25, -0.2) is 9.78 Å². The van der Waals surface area contributed by atoms with E-state index in [1.165, 1.54) is 12.3 Å². The molecule has 1 aromatic carbocycles. The van der Waals surface area contributed by atoms with Crippen molar-refractivity contribution in [3.8, 4) is 6.07 Å². The van der Waals surface area contributed by atoms with Crippen LogP contribution in [0.15, 0.2) is 52.8 Å². The highest BCUT2D eigenvalue weighted by Gasteiger charge is 2.27. The first-order chi connectivity index (χ1) is 14.4. The minimum Gasteiger partial charge on any atom is -0.507 e. The standard InChI is InChI=1S/C21H20N4O5/c1-12(2)18(25-20(27)17-8-5-9-29-17)21(28)30-11-16(26)13(10-22)19-23-14-6-3-4-7-15(14)24-19/h3-9,12,18,26H,11H2,1-2H3,(H,23,24)(H,25,27). The van der Waals surface area contributed by atoms with Crippen LogP contribution in [0.25, 0.3) is 16.6 Å². The summed E-state index contributed by atoms with van der Waals surface area (Å²) >= 11 is 0. The SMILES string of the molecule is CC(C)C(NC(=O)c1ccco1)C(=O)OCC(O)=C(C#N)c1nc2ccccc2[nH]1. The first kappa shape index (κ1) is 20.7. The zero-order valence-corrected chi connectivity index (χ0v) is 16.4. The molecular formula is C21H20N4O5. The van der Waals surface area contributed by atoms with Gasteiger partial charge in [0.1, 0.15) is 24.3 Å². The number of aromatic nitrogens is 2. The molecule has 0 aliphatic carbocycles. The minimum atomic E-state index is -0.966. The number of fused-ring (bicyclic) bond motifs is 1. The Morgan fingerprint density at radius 1 is 1.30 bits per heavy atom. The van der Waals surface area contributed by atoms with Crippen molar-refractivity contribution >= 4 is 28.5 Å². The maximum absolute atomic E-state index is 12.5. The first-order valence-electron chi connectivity index (χ1n) is 9.19. The highest BCUT2D eigenvalue weighted by molar-refractivity contribution is 5.94. The van der Waals surface area contributed by atoms with E-state index in [1.54, 1.807) is 38.1 Å². The number of nitrogens with zero attached hydrogens (tertiary/aromatic N) is 2. The highest BCUT2D eigenvalue weighted by atomic mass is 16.5. The van der Waals surface area contributed by atoms with Crippen LogP contribution in [-0.2, 0) is 9.53 Å². The predicted octanol–water partition coefficient (Wildman–Crippen LogP) is 2.95. The Balaban J connectivity index is 1.71. The summed E-state index contributed by atoms with van der Waals surface area (Å²) in [6.45, 7) is 2.93. The number of furan rings is 1. The van der Waals surface area contributed by atoms with Gasteiger partial charge >= 0.3 is 5.97 Å². The number of carbonyl (C=O) groups excluding carboxylic acids is 2. The lowest BCUT2D eigenvalue weighted by molar-refractivity contribution is -0.146. The van der Waals surface area contributed by atoms with Crippen molar-refractivity contribution < 1.29 is 23.8 Å². The molecule has 0 aliphatic rings. The number of amides is 1. The van der Waals surface area contributed by atoms with Crippen molar-refractivity contribution in [2.75, 3.05) is 6.61 Å². The number of aliphatic hydroxyl groups excluding tert-OH is 1. The zero-order valence-electron chi connectivity index (χ0n) is 16.4. The van der Waals surface area contributed by atoms with E-state index >= 15 is 0 Å². The molecule has 2 aromatic heterocycles. The average molecular weight is 408 g/mol. The number of hydrogen-bond acceptors (Lipinski definition) is 7. The number of para-hydroxylation sites is 2. The molecule has 0 fully saturated rings. The van der Waals surface area contributed by atoms with Crippen LogP contribution in [0.4, 0.5) is 0 Å². The molecule has 3 N–H and O–H groups in total. The lowest BCUT2D eigenvalue weighted by atomic mass is 10.0. The smallest absolute Gasteiger partial charge is 0.329 e. The molecule has 3 aromatic rings. The summed E-state index contributed by atoms with van der Waals surface area (Å²) < 4.78 is 10.2. The summed E-state index contributed by atoms with van der Waals surface area (Å²) in [5.41, 5.74) is 1.19. The summed E-state index contributed by atoms with van der Waals surface area (Å²) in [7, 11) is 0. The molecule has 1 amide bonds. The molecule has 0 aliphatic heterocycles. The highest BCUT2D eigenvalue weighted by Crippen LogP contribution is 2.19. The van der Waals surface area contributed by atoms with Crippen molar-refractivity contribution in [2.24, 2.45) is 5.92 Å². The van der Waals surface area contributed by atoms with Gasteiger partial charge in [-0.05, 0) is 30.2 Å². The molecule has 2 heterocycles. The summed E-state index contributed by atoms with van der Waals surface area (Å²) in [6.07, 6.45) is 1.35. The summed E-state index contributed by atoms with van der Waals surface area (Å²) in [5, 5.41) is 22.3. The molecule has 9 nitrogen and oxygen atoms in total. The Kier molecular flexibility index (Phi) is 6.17. The summed E-state index contributed by atoms with van der Waals surface area (Å²) in [5.74, 6) is -1.82. The second kappa shape index (κ2) is 8.96. The van der Waals surface area contributed by atoms with Crippen LogP contribution in [0.2, 0.25) is 0 Å². The molecule has 1 unspecified atom stereocenters. The number of esters is 1. The van der Waals surface area contributed by atoms with E-state index in [2.05, 4.69) is 15.3 Å². The predicted molar refractivity (Wildman–Crippen MR) is 107 cm³/mol. The Morgan fingerprint density at radius 3 is 2.70 bits per heavy atom. The third-order valence-corrected chi connectivity index (χ3v) is 4.33. The van der Waals surface area contributed by atoms with Crippen LogP contribution >= 0.6 is 0 Å². The molecule has 0 bridgehead atoms. The molecule has 0 spiro atoms. The number of carbonyl (C=O) groups is 2. The first-order valence-corrected chi connectivity index (χ1v) is 9.19. The normalized spacial score (nSPS) is 12.9. The van der Waals surface area contributed by atoms with Crippen molar-refractivity contribution in [1.82, 2.24) is 15.3 Å². The molecule has 0 saturated carbocycles. The van der Waals surface area contributed by atoms with Crippen LogP contribution < -0.4 is 5.32 Å². The number of nitriles is 1. The number of ether oxygens (including phenoxy) is 1. The van der Waals surface area contributed by atoms with Gasteiger partial charge in [-0.2, -0.15) is 5.26 Å². The summed E-state index contributed by atoms with van der Waals surface area (Å²) in [4.78, 5) is 31.8. The van der Waals surface area contributed by atoms with Gasteiger partial charge in [-0.3, -0.25) is 4.79 Å². The van der Waals surface area contributed by atoms with E-state index in [1.807, 2.05) is 12.1 Å². The van der Waals surface area contributed by atoms with Crippen LogP contribution in [0.5, 0.6) is 0 Å². The van der Waals surface area contributed by atoms with Gasteiger partial charge in [0.15, 0.2) is 17.3 Å². The van der Waals surface area contributed by atoms with E-state index in [-0.39, 0.29) is 23.1 Å². The molecule has 30 heavy (non-hydrogen) atoms. The van der Waals surface area contributed by atoms with Crippen LogP contribution in [0.1, 0.15) is 30.2 Å². The Hall–Kier alpha value is -4.06. The number of aromatic amines is 1. The third kappa shape index (κ3) is 4.50. The number of imidazole rings is 1. The van der Waals surface area contributed by atoms with Gasteiger partial charge in [-0.1, -0.05) is 26.0 Å². The van der Waals surface area contributed by atoms with Crippen LogP contribution in [-0.4, -0.2) is 39.6 Å². The number of hydrogen-bond donors (Lipinski definition) is 3. The third-order valence-electron chi connectivity index (χ3n) is 4.33. The molecule has 0 saturated heterocycles. The lowest BCUT2D eigenvalue weighted by Gasteiger charge is -2.20. The Labute approximate surface area is 172 Å². The van der Waals surface area contributed by atoms with E-state index in [0.717, 1.165) is 0 Å². The number of rotatable bonds is 7. The number of aliphatic hydroxyl groups is 1. The van der Waals surface area contributed by atoms with Crippen molar-refractivity contribution in [3.63, 3.8) is 0 Å². The Morgan fingerprint density at radius 2 is 2.07 bits per heavy atom. The molecule has 1 atom stereocenters. The second-order valence-corrected chi connectivity index (χ2v) is 6.82. The van der Waals surface area contributed by atoms with Gasteiger partial charge in [0.05, 0.1) is 17.3 Å². The van der Waals surface area contributed by atoms with Gasteiger partial charge < -0.3 is 24.6 Å². The van der Waals surface area contributed by atoms with Crippen LogP contribution in [0.3, 0.4) is 0 Å². The fourth-order valence-corrected chi connectivity index (χ4v) is 2.74. The van der Waals surface area contributed by atoms with Crippen molar-refractivity contribution in [3.05, 3.63) is 60.0 Å². The number of benzene rings is 1. The van der Waals surface area contributed by atoms with Gasteiger partial charge in [-0.15, -0.1) is 0 Å². The number of nitrogens with one attached hydrogen (secondary N) is 2. The average Bonchev–Trinajstić information content (AvgIpc) is 3.40. The Bertz CT molecular complexity index is 1090. The zero-order chi connectivity index (χ0) is 21.7. The molecule has 154 valence electrons. The molecule has 9 heteroatoms. The van der Waals surface area contributed by atoms with E-state index < -0.39 is 30.3 Å². The van der Waals surface area contributed by atoms with Gasteiger partial charge in [0.2, 0.25) is 0 Å². The quantitative estimate of drug-likeness (QED) is 0.310. The van der Waals surface area contributed by atoms with Crippen LogP contribution in [0, 0.1) is 17.2 Å². The largest absolute Gasteiger partial charge is 0.507 e. The topological polar surface area (TPSA) is 141 Å². The van der Waals surface area contributed by atoms with Gasteiger partial charge in [0, 0.05) is 0 Å². The lowest BCUT2D eigenvalue weighted by Crippen LogP contribution is -2.45. The molecule has 0 radical (unpaired) electrons. The van der Waals surface area contributed by atoms with Crippen molar-refractivity contribution in [2.45, 2.75) is 19.9 Å². The van der Waals surface area contributed by atoms with E-state index in [9.17, 15) is 20.0 Å². The minimum absolute atomic E-state index is 0.0628. The van der Waals surface area contributed by atoms with E-state index in [4.69, 9.17) is 9.15 Å². The maximum atomic E-state index is 12.5. The monoisotopic (exact) mass is 408 g/mol. The fraction of sp³-hybridized carbons (Fsp3) is 0.238. The van der Waals surface area contributed by atoms with Crippen molar-refractivity contribution in [1.29, 1.82) is 5.26 Å². The van der Waals surface area contributed by atoms with Gasteiger partial charge in [0.25, 0.3) is 5.91 Å². The molecule has 3 rings (SSSR count). The second-order valence-electron chi connectivity index (χ2n) is 6.82. The number of allylic oxidation sites excluding steroid dienone is 1. The molecular weight excluding hydrogens is 388 g/mol. The number of H-pyrrole nitrogens is 1. The fourth-order valence-electron chi connectivity index (χ4n) is 2.74.